The van der Waals surface area contributed by atoms with Gasteiger partial charge in [0.15, 0.2) is 0 Å². The largest absolute Gasteiger partial charge is 0.456 e. The van der Waals surface area contributed by atoms with Crippen LogP contribution in [-0.2, 0) is 0 Å². The fraction of sp³-hybridized carbons (Fsp3) is 0. The highest BCUT2D eigenvalue weighted by atomic mass is 16.3. The second-order valence-electron chi connectivity index (χ2n) is 10.6. The Kier molecular flexibility index (Phi) is 3.50. The SMILES string of the molecule is [2H]c1ccc(-c2ccc(-c3c4c([2H])c([2H])c([2H])c([2H])c4c(-c4cc(-c5c([2H])c([2H])c([2H])c([2H])c5[2H])cc5oc6ccccc6c45)c4c([2H])c([2H])c([2H])c([2H])c34)cc2)cc1. The predicted octanol–water partition coefficient (Wildman–Crippen LogP) is 12.6. The Morgan fingerprint density at radius 1 is 0.378 bits per heavy atom. The predicted molar refractivity (Wildman–Crippen MR) is 190 cm³/mol. The molecule has 0 spiro atoms. The van der Waals surface area contributed by atoms with E-state index in [1.165, 1.54) is 12.1 Å². The summed E-state index contributed by atoms with van der Waals surface area (Å²) in [6, 6.07) is 17.5. The Bertz CT molecular complexity index is 3190. The first-order chi connectivity index (χ1) is 28.1. The van der Waals surface area contributed by atoms with Crippen molar-refractivity contribution in [2.75, 3.05) is 0 Å². The number of furan rings is 1. The van der Waals surface area contributed by atoms with Gasteiger partial charge >= 0.3 is 0 Å². The third kappa shape index (κ3) is 4.17. The number of fused-ring (bicyclic) bond motifs is 5. The molecule has 0 saturated carbocycles. The highest BCUT2D eigenvalue weighted by Crippen LogP contribution is 2.48. The number of hydrogen-bond acceptors (Lipinski definition) is 1. The summed E-state index contributed by atoms with van der Waals surface area (Å²) in [4.78, 5) is 0. The van der Waals surface area contributed by atoms with E-state index in [1.54, 1.807) is 72.8 Å². The third-order valence-corrected chi connectivity index (χ3v) is 8.14. The molecule has 0 amide bonds. The van der Waals surface area contributed by atoms with Crippen LogP contribution in [0.1, 0.15) is 19.2 Å². The van der Waals surface area contributed by atoms with Gasteiger partial charge in [-0.15, -0.1) is 0 Å². The molecule has 1 nitrogen and oxygen atoms in total. The molecule has 0 atom stereocenters. The van der Waals surface area contributed by atoms with Crippen molar-refractivity contribution in [3.63, 3.8) is 0 Å². The molecule has 0 bridgehead atoms. The molecule has 0 unspecified atom stereocenters. The van der Waals surface area contributed by atoms with E-state index in [0.717, 1.165) is 11.1 Å². The van der Waals surface area contributed by atoms with Crippen LogP contribution in [0.25, 0.3) is 88.0 Å². The first-order valence-corrected chi connectivity index (χ1v) is 14.3. The van der Waals surface area contributed by atoms with Gasteiger partial charge in [0, 0.05) is 10.8 Å². The summed E-state index contributed by atoms with van der Waals surface area (Å²) in [5, 5.41) is 0.848. The first-order valence-electron chi connectivity index (χ1n) is 21.3. The van der Waals surface area contributed by atoms with Crippen LogP contribution in [0.3, 0.4) is 0 Å². The average molecular weight is 587 g/mol. The van der Waals surface area contributed by atoms with Crippen molar-refractivity contribution in [3.05, 3.63) is 170 Å². The van der Waals surface area contributed by atoms with Gasteiger partial charge in [-0.3, -0.25) is 0 Å². The van der Waals surface area contributed by atoms with E-state index >= 15 is 0 Å². The van der Waals surface area contributed by atoms with E-state index in [0.29, 0.717) is 28.0 Å². The van der Waals surface area contributed by atoms with Crippen molar-refractivity contribution in [1.82, 2.24) is 0 Å². The molecule has 0 aliphatic heterocycles. The van der Waals surface area contributed by atoms with Crippen molar-refractivity contribution >= 4 is 43.5 Å². The minimum atomic E-state index is -0.591. The smallest absolute Gasteiger partial charge is 0.136 e. The van der Waals surface area contributed by atoms with Gasteiger partial charge in [-0.05, 0) is 84.3 Å². The van der Waals surface area contributed by atoms with Gasteiger partial charge in [-0.1, -0.05) is 151 Å². The summed E-state index contributed by atoms with van der Waals surface area (Å²) in [7, 11) is 0. The van der Waals surface area contributed by atoms with Crippen LogP contribution in [0.2, 0.25) is 0 Å². The summed E-state index contributed by atoms with van der Waals surface area (Å²) in [6.45, 7) is 0. The Morgan fingerprint density at radius 3 is 1.64 bits per heavy atom. The van der Waals surface area contributed by atoms with Crippen LogP contribution in [0.15, 0.2) is 174 Å². The van der Waals surface area contributed by atoms with E-state index in [1.807, 2.05) is 0 Å². The topological polar surface area (TPSA) is 13.1 Å². The van der Waals surface area contributed by atoms with E-state index in [2.05, 4.69) is 0 Å². The normalized spacial score (nSPS) is 15.9. The maximum atomic E-state index is 9.48. The summed E-state index contributed by atoms with van der Waals surface area (Å²) in [5.74, 6) is 0. The van der Waals surface area contributed by atoms with Crippen LogP contribution in [0.5, 0.6) is 0 Å². The van der Waals surface area contributed by atoms with Gasteiger partial charge in [0.1, 0.15) is 11.2 Å². The van der Waals surface area contributed by atoms with Crippen molar-refractivity contribution in [1.29, 1.82) is 0 Å². The molecule has 45 heavy (non-hydrogen) atoms. The lowest BCUT2D eigenvalue weighted by Crippen LogP contribution is -1.92. The molecule has 0 fully saturated rings. The molecule has 9 rings (SSSR count). The Morgan fingerprint density at radius 2 is 0.956 bits per heavy atom. The molecule has 9 aromatic rings. The van der Waals surface area contributed by atoms with Gasteiger partial charge in [0.25, 0.3) is 0 Å². The Balaban J connectivity index is 1.53. The van der Waals surface area contributed by atoms with Gasteiger partial charge in [-0.25, -0.2) is 0 Å². The number of para-hydroxylation sites is 1. The molecule has 1 aromatic heterocycles. The summed E-state index contributed by atoms with van der Waals surface area (Å²) >= 11 is 0. The van der Waals surface area contributed by atoms with Crippen molar-refractivity contribution in [2.24, 2.45) is 0 Å². The Labute approximate surface area is 281 Å². The molecule has 0 aliphatic rings. The van der Waals surface area contributed by atoms with Crippen LogP contribution in [-0.4, -0.2) is 0 Å². The molecule has 1 heteroatoms. The fourth-order valence-electron chi connectivity index (χ4n) is 6.18. The molecular formula is C44H28O. The van der Waals surface area contributed by atoms with E-state index < -0.39 is 78.6 Å². The fourth-order valence-corrected chi connectivity index (χ4v) is 6.18. The maximum absolute atomic E-state index is 9.48. The lowest BCUT2D eigenvalue weighted by Gasteiger charge is -2.19. The summed E-state index contributed by atoms with van der Waals surface area (Å²) < 4.78 is 130. The maximum Gasteiger partial charge on any atom is 0.136 e. The van der Waals surface area contributed by atoms with E-state index in [-0.39, 0.29) is 54.9 Å². The molecule has 0 N–H and O–H groups in total. The van der Waals surface area contributed by atoms with Gasteiger partial charge in [-0.2, -0.15) is 0 Å². The second-order valence-corrected chi connectivity index (χ2v) is 10.6. The third-order valence-electron chi connectivity index (χ3n) is 8.14. The quantitative estimate of drug-likeness (QED) is 0.187. The number of hydrogen-bond donors (Lipinski definition) is 0. The Hall–Kier alpha value is -5.92. The molecule has 8 aromatic carbocycles. The second kappa shape index (κ2) is 10.4. The molecular weight excluding hydrogens is 544 g/mol. The molecule has 0 radical (unpaired) electrons. The zero-order chi connectivity index (χ0) is 41.9. The zero-order valence-electron chi connectivity index (χ0n) is 37.5. The summed E-state index contributed by atoms with van der Waals surface area (Å²) in [5.41, 5.74) is 2.94. The minimum absolute atomic E-state index is 0.0102. The molecule has 210 valence electrons. The van der Waals surface area contributed by atoms with Gasteiger partial charge < -0.3 is 4.42 Å². The van der Waals surface area contributed by atoms with E-state index in [9.17, 15) is 5.48 Å². The lowest BCUT2D eigenvalue weighted by molar-refractivity contribution is 0.669. The average Bonchev–Trinajstić information content (AvgIpc) is 3.62. The number of rotatable bonds is 4. The van der Waals surface area contributed by atoms with Gasteiger partial charge in [0.05, 0.1) is 19.2 Å². The van der Waals surface area contributed by atoms with Crippen LogP contribution in [0.4, 0.5) is 0 Å². The standard InChI is InChI=1S/C44H28O/c1-3-13-29(14-4-1)31-23-25-32(26-24-31)42-34-17-7-9-19-36(34)43(37-20-10-8-18-35(37)42)39-27-33(30-15-5-2-6-16-30)28-41-44(39)38-21-11-12-22-40(38)45-41/h1-28H/i1D,2D,5D,6D,7D,8D,9D,10D,15D,16D,17D,18D,19D,20D. The van der Waals surface area contributed by atoms with Crippen LogP contribution in [0, 0.1) is 0 Å². The van der Waals surface area contributed by atoms with Crippen molar-refractivity contribution < 1.29 is 23.6 Å². The summed E-state index contributed by atoms with van der Waals surface area (Å²) in [6.07, 6.45) is 0. The molecule has 0 saturated heterocycles. The first kappa shape index (κ1) is 15.2. The minimum Gasteiger partial charge on any atom is -0.456 e. The van der Waals surface area contributed by atoms with E-state index in [4.69, 9.17) is 18.1 Å². The van der Waals surface area contributed by atoms with Crippen molar-refractivity contribution in [2.45, 2.75) is 0 Å². The molecule has 0 aliphatic carbocycles. The monoisotopic (exact) mass is 586 g/mol. The van der Waals surface area contributed by atoms with Crippen LogP contribution >= 0.6 is 0 Å². The number of benzene rings is 8. The van der Waals surface area contributed by atoms with Crippen LogP contribution < -0.4 is 0 Å². The van der Waals surface area contributed by atoms with Crippen molar-refractivity contribution in [3.8, 4) is 44.5 Å². The highest BCUT2D eigenvalue weighted by molar-refractivity contribution is 6.26. The zero-order valence-corrected chi connectivity index (χ0v) is 23.5. The highest BCUT2D eigenvalue weighted by Gasteiger charge is 2.21. The van der Waals surface area contributed by atoms with Gasteiger partial charge in [0.2, 0.25) is 0 Å². The molecule has 1 heterocycles. The lowest BCUT2D eigenvalue weighted by atomic mass is 9.84.